The number of nitriles is 1. The van der Waals surface area contributed by atoms with E-state index in [-0.39, 0.29) is 5.56 Å². The molecule has 0 bridgehead atoms. The Balaban J connectivity index is 1.93. The normalized spacial score (nSPS) is 10.1. The Morgan fingerprint density at radius 1 is 1.50 bits per heavy atom. The average molecular weight is 244 g/mol. The van der Waals surface area contributed by atoms with Crippen LogP contribution < -0.4 is 5.32 Å². The van der Waals surface area contributed by atoms with Crippen LogP contribution in [0.25, 0.3) is 0 Å². The molecule has 0 aliphatic rings. The fourth-order valence-corrected chi connectivity index (χ4v) is 1.62. The Morgan fingerprint density at radius 3 is 3.00 bits per heavy atom. The summed E-state index contributed by atoms with van der Waals surface area (Å²) in [7, 11) is 0. The molecule has 1 heterocycles. The molecule has 2 rings (SSSR count). The van der Waals surface area contributed by atoms with Crippen molar-refractivity contribution in [2.45, 2.75) is 13.5 Å². The third-order valence-electron chi connectivity index (χ3n) is 2.52. The molecule has 1 N–H and O–H groups in total. The van der Waals surface area contributed by atoms with E-state index in [2.05, 4.69) is 10.4 Å². The first-order chi connectivity index (χ1) is 8.69. The van der Waals surface area contributed by atoms with E-state index < -0.39 is 5.82 Å². The van der Waals surface area contributed by atoms with Crippen molar-refractivity contribution in [1.82, 2.24) is 9.78 Å². The number of aromatic nitrogens is 2. The molecule has 0 unspecified atom stereocenters. The summed E-state index contributed by atoms with van der Waals surface area (Å²) < 4.78 is 14.9. The van der Waals surface area contributed by atoms with Crippen molar-refractivity contribution in [3.8, 4) is 6.07 Å². The number of nitrogens with one attached hydrogen (secondary N) is 1. The van der Waals surface area contributed by atoms with Crippen LogP contribution in [0.3, 0.4) is 0 Å². The lowest BCUT2D eigenvalue weighted by atomic mass is 10.2. The van der Waals surface area contributed by atoms with Gasteiger partial charge in [-0.05, 0) is 30.7 Å². The second-order valence-corrected chi connectivity index (χ2v) is 4.01. The van der Waals surface area contributed by atoms with E-state index in [1.807, 2.05) is 23.9 Å². The largest absolute Gasteiger partial charge is 0.383 e. The lowest BCUT2D eigenvalue weighted by molar-refractivity contribution is 0.623. The molecule has 5 heteroatoms. The Kier molecular flexibility index (Phi) is 3.58. The Bertz CT molecular complexity index is 583. The van der Waals surface area contributed by atoms with Gasteiger partial charge >= 0.3 is 0 Å². The van der Waals surface area contributed by atoms with Crippen molar-refractivity contribution in [3.05, 3.63) is 47.5 Å². The Labute approximate surface area is 105 Å². The number of hydrogen-bond acceptors (Lipinski definition) is 3. The van der Waals surface area contributed by atoms with Gasteiger partial charge in [0.15, 0.2) is 0 Å². The maximum atomic E-state index is 13.1. The third kappa shape index (κ3) is 2.86. The third-order valence-corrected chi connectivity index (χ3v) is 2.52. The van der Waals surface area contributed by atoms with Gasteiger partial charge < -0.3 is 5.32 Å². The summed E-state index contributed by atoms with van der Waals surface area (Å²) in [5, 5.41) is 16.0. The van der Waals surface area contributed by atoms with Crippen molar-refractivity contribution in [2.75, 3.05) is 11.9 Å². The predicted molar refractivity (Wildman–Crippen MR) is 66.6 cm³/mol. The summed E-state index contributed by atoms with van der Waals surface area (Å²) in [5.41, 5.74) is 1.90. The fourth-order valence-electron chi connectivity index (χ4n) is 1.62. The first kappa shape index (κ1) is 12.1. The molecule has 0 fully saturated rings. The Hall–Kier alpha value is -2.35. The molecular weight excluding hydrogens is 231 g/mol. The highest BCUT2D eigenvalue weighted by molar-refractivity contribution is 5.49. The van der Waals surface area contributed by atoms with Crippen molar-refractivity contribution in [3.63, 3.8) is 0 Å². The van der Waals surface area contributed by atoms with Crippen LogP contribution in [-0.4, -0.2) is 16.3 Å². The van der Waals surface area contributed by atoms with Crippen LogP contribution in [0.15, 0.2) is 30.6 Å². The smallest absolute Gasteiger partial charge is 0.141 e. The van der Waals surface area contributed by atoms with Gasteiger partial charge in [-0.2, -0.15) is 10.4 Å². The highest BCUT2D eigenvalue weighted by Crippen LogP contribution is 2.13. The molecule has 92 valence electrons. The van der Waals surface area contributed by atoms with Crippen LogP contribution in [0, 0.1) is 24.1 Å². The van der Waals surface area contributed by atoms with Crippen molar-refractivity contribution < 1.29 is 4.39 Å². The van der Waals surface area contributed by atoms with E-state index in [1.54, 1.807) is 12.3 Å². The van der Waals surface area contributed by atoms with E-state index in [0.29, 0.717) is 13.1 Å². The van der Waals surface area contributed by atoms with E-state index >= 15 is 0 Å². The number of hydrogen-bond donors (Lipinski definition) is 1. The topological polar surface area (TPSA) is 53.6 Å². The van der Waals surface area contributed by atoms with Crippen molar-refractivity contribution >= 4 is 5.69 Å². The number of aryl methyl sites for hydroxylation is 1. The zero-order chi connectivity index (χ0) is 13.0. The van der Waals surface area contributed by atoms with Gasteiger partial charge in [0, 0.05) is 18.4 Å². The van der Waals surface area contributed by atoms with Gasteiger partial charge in [0.2, 0.25) is 0 Å². The number of halogens is 1. The number of rotatable bonds is 4. The molecule has 0 saturated carbocycles. The van der Waals surface area contributed by atoms with Crippen LogP contribution in [0.4, 0.5) is 10.1 Å². The van der Waals surface area contributed by atoms with E-state index in [0.717, 1.165) is 11.3 Å². The molecule has 18 heavy (non-hydrogen) atoms. The summed E-state index contributed by atoms with van der Waals surface area (Å²) in [5.74, 6) is -0.495. The van der Waals surface area contributed by atoms with Crippen molar-refractivity contribution in [1.29, 1.82) is 5.26 Å². The minimum Gasteiger partial charge on any atom is -0.383 e. The summed E-state index contributed by atoms with van der Waals surface area (Å²) >= 11 is 0. The zero-order valence-electron chi connectivity index (χ0n) is 10.0. The highest BCUT2D eigenvalue weighted by atomic mass is 19.1. The van der Waals surface area contributed by atoms with Crippen LogP contribution in [-0.2, 0) is 6.54 Å². The molecule has 4 nitrogen and oxygen atoms in total. The Morgan fingerprint density at radius 2 is 2.33 bits per heavy atom. The minimum atomic E-state index is -0.495. The molecule has 0 saturated heterocycles. The predicted octanol–water partition coefficient (Wildman–Crippen LogP) is 2.31. The first-order valence-corrected chi connectivity index (χ1v) is 5.61. The molecule has 0 aliphatic heterocycles. The standard InChI is InChI=1S/C13H13FN4/c1-10-8-17-18(9-10)5-4-16-12-2-3-13(14)11(6-12)7-15/h2-3,6,8-9,16H,4-5H2,1H3. The molecular formula is C13H13FN4. The molecule has 0 atom stereocenters. The maximum absolute atomic E-state index is 13.1. The maximum Gasteiger partial charge on any atom is 0.141 e. The molecule has 0 aliphatic carbocycles. The second kappa shape index (κ2) is 5.32. The molecule has 1 aromatic heterocycles. The number of anilines is 1. The quantitative estimate of drug-likeness (QED) is 0.898. The monoisotopic (exact) mass is 244 g/mol. The average Bonchev–Trinajstić information content (AvgIpc) is 2.77. The van der Waals surface area contributed by atoms with Crippen molar-refractivity contribution in [2.24, 2.45) is 0 Å². The van der Waals surface area contributed by atoms with Gasteiger partial charge in [-0.15, -0.1) is 0 Å². The van der Waals surface area contributed by atoms with Crippen LogP contribution in [0.5, 0.6) is 0 Å². The van der Waals surface area contributed by atoms with Crippen LogP contribution in [0.2, 0.25) is 0 Å². The lowest BCUT2D eigenvalue weighted by Crippen LogP contribution is -2.10. The van der Waals surface area contributed by atoms with Gasteiger partial charge in [0.1, 0.15) is 11.9 Å². The summed E-state index contributed by atoms with van der Waals surface area (Å²) in [6.45, 7) is 3.36. The van der Waals surface area contributed by atoms with E-state index in [4.69, 9.17) is 5.26 Å². The molecule has 0 radical (unpaired) electrons. The molecule has 0 spiro atoms. The lowest BCUT2D eigenvalue weighted by Gasteiger charge is -2.07. The van der Waals surface area contributed by atoms with E-state index in [1.165, 1.54) is 12.1 Å². The summed E-state index contributed by atoms with van der Waals surface area (Å²) in [6.07, 6.45) is 3.75. The molecule has 0 amide bonds. The molecule has 2 aromatic rings. The zero-order valence-corrected chi connectivity index (χ0v) is 10.0. The summed E-state index contributed by atoms with van der Waals surface area (Å²) in [6, 6.07) is 6.22. The SMILES string of the molecule is Cc1cnn(CCNc2ccc(F)c(C#N)c2)c1. The van der Waals surface area contributed by atoms with Gasteiger partial charge in [-0.25, -0.2) is 4.39 Å². The summed E-state index contributed by atoms with van der Waals surface area (Å²) in [4.78, 5) is 0. The number of benzene rings is 1. The first-order valence-electron chi connectivity index (χ1n) is 5.61. The van der Waals surface area contributed by atoms with Gasteiger partial charge in [0.05, 0.1) is 18.3 Å². The minimum absolute atomic E-state index is 0.0509. The van der Waals surface area contributed by atoms with Gasteiger partial charge in [-0.3, -0.25) is 4.68 Å². The number of nitrogens with zero attached hydrogens (tertiary/aromatic N) is 3. The second-order valence-electron chi connectivity index (χ2n) is 4.01. The highest BCUT2D eigenvalue weighted by Gasteiger charge is 2.02. The molecule has 1 aromatic carbocycles. The van der Waals surface area contributed by atoms with Gasteiger partial charge in [-0.1, -0.05) is 0 Å². The fraction of sp³-hybridized carbons (Fsp3) is 0.231. The van der Waals surface area contributed by atoms with Gasteiger partial charge in [0.25, 0.3) is 0 Å². The van der Waals surface area contributed by atoms with Crippen LogP contribution in [0.1, 0.15) is 11.1 Å². The van der Waals surface area contributed by atoms with E-state index in [9.17, 15) is 4.39 Å². The van der Waals surface area contributed by atoms with Crippen LogP contribution >= 0.6 is 0 Å².